The van der Waals surface area contributed by atoms with E-state index in [0.29, 0.717) is 23.7 Å². The largest absolute Gasteiger partial charge is 0.478 e. The Balaban J connectivity index is 2.48. The maximum atomic E-state index is 9.16. The molecule has 96 valence electrons. The smallest absolute Gasteiger partial charge is 0.216 e. The van der Waals surface area contributed by atoms with Crippen molar-refractivity contribution in [2.75, 3.05) is 12.3 Å². The van der Waals surface area contributed by atoms with Crippen LogP contribution < -0.4 is 10.5 Å². The Morgan fingerprint density at radius 2 is 2.16 bits per heavy atom. The van der Waals surface area contributed by atoms with Crippen LogP contribution in [0.5, 0.6) is 5.88 Å². The number of ether oxygens (including phenoxy) is 1. The first-order valence-electron chi connectivity index (χ1n) is 6.05. The molecule has 1 aromatic carbocycles. The summed E-state index contributed by atoms with van der Waals surface area (Å²) in [5.74, 6) is 0.625. The highest BCUT2D eigenvalue weighted by molar-refractivity contribution is 5.73. The molecule has 4 nitrogen and oxygen atoms in total. The molecule has 1 heterocycles. The maximum Gasteiger partial charge on any atom is 0.216 e. The number of anilines is 1. The van der Waals surface area contributed by atoms with Crippen LogP contribution in [-0.4, -0.2) is 11.6 Å². The van der Waals surface area contributed by atoms with Crippen LogP contribution in [0.15, 0.2) is 30.5 Å². The van der Waals surface area contributed by atoms with Gasteiger partial charge in [0.25, 0.3) is 0 Å². The molecule has 0 fully saturated rings. The van der Waals surface area contributed by atoms with E-state index in [1.165, 1.54) is 0 Å². The van der Waals surface area contributed by atoms with Crippen LogP contribution in [0.2, 0.25) is 0 Å². The highest BCUT2D eigenvalue weighted by Crippen LogP contribution is 2.27. The Morgan fingerprint density at radius 3 is 2.79 bits per heavy atom. The molecule has 0 unspecified atom stereocenters. The van der Waals surface area contributed by atoms with E-state index in [1.807, 2.05) is 26.0 Å². The Bertz CT molecular complexity index is 644. The van der Waals surface area contributed by atoms with E-state index in [0.717, 1.165) is 16.7 Å². The van der Waals surface area contributed by atoms with Crippen molar-refractivity contribution in [2.24, 2.45) is 0 Å². The molecule has 0 aliphatic rings. The highest BCUT2D eigenvalue weighted by Gasteiger charge is 2.08. The zero-order chi connectivity index (χ0) is 13.8. The quantitative estimate of drug-likeness (QED) is 0.854. The standard InChI is InChI=1S/C15H15N3O/c1-3-19-15-10(2)6-12(9-18-15)14-5-4-13(17)7-11(14)8-16/h4-7,9H,3,17H2,1-2H3. The van der Waals surface area contributed by atoms with Gasteiger partial charge in [0.05, 0.1) is 18.2 Å². The average molecular weight is 253 g/mol. The molecule has 0 saturated heterocycles. The number of rotatable bonds is 3. The van der Waals surface area contributed by atoms with Crippen molar-refractivity contribution in [1.82, 2.24) is 4.98 Å². The molecule has 19 heavy (non-hydrogen) atoms. The Labute approximate surface area is 112 Å². The summed E-state index contributed by atoms with van der Waals surface area (Å²) >= 11 is 0. The molecule has 0 amide bonds. The van der Waals surface area contributed by atoms with E-state index in [1.54, 1.807) is 18.3 Å². The molecule has 0 spiro atoms. The van der Waals surface area contributed by atoms with E-state index >= 15 is 0 Å². The van der Waals surface area contributed by atoms with Crippen molar-refractivity contribution in [1.29, 1.82) is 5.26 Å². The summed E-state index contributed by atoms with van der Waals surface area (Å²) in [5.41, 5.74) is 9.47. The minimum Gasteiger partial charge on any atom is -0.478 e. The van der Waals surface area contributed by atoms with E-state index in [2.05, 4.69) is 11.1 Å². The number of benzene rings is 1. The molecular formula is C15H15N3O. The third kappa shape index (κ3) is 2.66. The van der Waals surface area contributed by atoms with Crippen molar-refractivity contribution in [3.05, 3.63) is 41.6 Å². The van der Waals surface area contributed by atoms with Gasteiger partial charge in [-0.2, -0.15) is 5.26 Å². The van der Waals surface area contributed by atoms with Gasteiger partial charge in [0.1, 0.15) is 0 Å². The molecule has 1 aromatic heterocycles. The van der Waals surface area contributed by atoms with Gasteiger partial charge in [-0.25, -0.2) is 4.98 Å². The molecule has 0 atom stereocenters. The minimum absolute atomic E-state index is 0.547. The predicted molar refractivity (Wildman–Crippen MR) is 74.7 cm³/mol. The van der Waals surface area contributed by atoms with Crippen LogP contribution in [0.3, 0.4) is 0 Å². The summed E-state index contributed by atoms with van der Waals surface area (Å²) in [6.07, 6.45) is 1.71. The number of nitrogens with two attached hydrogens (primary N) is 1. The monoisotopic (exact) mass is 253 g/mol. The molecule has 2 aromatic rings. The molecule has 2 N–H and O–H groups in total. The topological polar surface area (TPSA) is 71.9 Å². The van der Waals surface area contributed by atoms with Crippen LogP contribution in [-0.2, 0) is 0 Å². The van der Waals surface area contributed by atoms with Gasteiger partial charge in [0.2, 0.25) is 5.88 Å². The summed E-state index contributed by atoms with van der Waals surface area (Å²) in [7, 11) is 0. The number of pyridine rings is 1. The van der Waals surface area contributed by atoms with Crippen LogP contribution in [0.1, 0.15) is 18.1 Å². The number of nitrogen functional groups attached to an aromatic ring is 1. The molecule has 0 aliphatic carbocycles. The normalized spacial score (nSPS) is 9.95. The second kappa shape index (κ2) is 5.40. The van der Waals surface area contributed by atoms with Crippen LogP contribution >= 0.6 is 0 Å². The lowest BCUT2D eigenvalue weighted by Gasteiger charge is -2.09. The third-order valence-electron chi connectivity index (χ3n) is 2.79. The number of nitrogens with zero attached hydrogens (tertiary/aromatic N) is 2. The van der Waals surface area contributed by atoms with Crippen molar-refractivity contribution < 1.29 is 4.74 Å². The van der Waals surface area contributed by atoms with Crippen molar-refractivity contribution >= 4 is 5.69 Å². The number of aryl methyl sites for hydroxylation is 1. The zero-order valence-corrected chi connectivity index (χ0v) is 11.0. The van der Waals surface area contributed by atoms with Crippen molar-refractivity contribution in [3.63, 3.8) is 0 Å². The molecule has 0 saturated carbocycles. The van der Waals surface area contributed by atoms with Gasteiger partial charge >= 0.3 is 0 Å². The predicted octanol–water partition coefficient (Wildman–Crippen LogP) is 2.91. The van der Waals surface area contributed by atoms with E-state index in [4.69, 9.17) is 15.7 Å². The Hall–Kier alpha value is -2.54. The van der Waals surface area contributed by atoms with Gasteiger partial charge in [0, 0.05) is 28.6 Å². The lowest BCUT2D eigenvalue weighted by atomic mass is 10.0. The fourth-order valence-electron chi connectivity index (χ4n) is 1.90. The second-order valence-corrected chi connectivity index (χ2v) is 4.20. The van der Waals surface area contributed by atoms with E-state index < -0.39 is 0 Å². The number of hydrogen-bond donors (Lipinski definition) is 1. The number of nitriles is 1. The molecule has 0 radical (unpaired) electrons. The van der Waals surface area contributed by atoms with Crippen LogP contribution in [0.4, 0.5) is 5.69 Å². The van der Waals surface area contributed by atoms with Gasteiger partial charge in [-0.05, 0) is 32.0 Å². The molecule has 0 aliphatic heterocycles. The average Bonchev–Trinajstić information content (AvgIpc) is 2.41. The summed E-state index contributed by atoms with van der Waals surface area (Å²) < 4.78 is 5.41. The van der Waals surface area contributed by atoms with Gasteiger partial charge < -0.3 is 10.5 Å². The van der Waals surface area contributed by atoms with Crippen molar-refractivity contribution in [3.8, 4) is 23.1 Å². The lowest BCUT2D eigenvalue weighted by Crippen LogP contribution is -1.97. The van der Waals surface area contributed by atoms with Gasteiger partial charge in [-0.1, -0.05) is 6.07 Å². The minimum atomic E-state index is 0.547. The lowest BCUT2D eigenvalue weighted by molar-refractivity contribution is 0.324. The zero-order valence-electron chi connectivity index (χ0n) is 11.0. The first kappa shape index (κ1) is 12.9. The summed E-state index contributed by atoms with van der Waals surface area (Å²) in [4.78, 5) is 4.28. The van der Waals surface area contributed by atoms with E-state index in [-0.39, 0.29) is 0 Å². The SMILES string of the molecule is CCOc1ncc(-c2ccc(N)cc2C#N)cc1C. The maximum absolute atomic E-state index is 9.16. The van der Waals surface area contributed by atoms with Gasteiger partial charge in [-0.3, -0.25) is 0 Å². The molecule has 2 rings (SSSR count). The van der Waals surface area contributed by atoms with E-state index in [9.17, 15) is 0 Å². The summed E-state index contributed by atoms with van der Waals surface area (Å²) in [6.45, 7) is 4.44. The second-order valence-electron chi connectivity index (χ2n) is 4.20. The Kier molecular flexibility index (Phi) is 3.67. The van der Waals surface area contributed by atoms with Gasteiger partial charge in [0.15, 0.2) is 0 Å². The fraction of sp³-hybridized carbons (Fsp3) is 0.200. The first-order chi connectivity index (χ1) is 9.15. The number of hydrogen-bond acceptors (Lipinski definition) is 4. The fourth-order valence-corrected chi connectivity index (χ4v) is 1.90. The molecular weight excluding hydrogens is 238 g/mol. The van der Waals surface area contributed by atoms with Crippen LogP contribution in [0, 0.1) is 18.3 Å². The molecule has 0 bridgehead atoms. The first-order valence-corrected chi connectivity index (χ1v) is 6.05. The van der Waals surface area contributed by atoms with Crippen molar-refractivity contribution in [2.45, 2.75) is 13.8 Å². The highest BCUT2D eigenvalue weighted by atomic mass is 16.5. The summed E-state index contributed by atoms with van der Waals surface area (Å²) in [5, 5.41) is 9.16. The number of aromatic nitrogens is 1. The molecule has 4 heteroatoms. The third-order valence-corrected chi connectivity index (χ3v) is 2.79. The summed E-state index contributed by atoms with van der Waals surface area (Å²) in [6, 6.07) is 9.40. The van der Waals surface area contributed by atoms with Crippen LogP contribution in [0.25, 0.3) is 11.1 Å². The van der Waals surface area contributed by atoms with Gasteiger partial charge in [-0.15, -0.1) is 0 Å². The Morgan fingerprint density at radius 1 is 1.37 bits per heavy atom.